The standard InChI is InChI=1S/C12H21NO4/c1-13(8-10-6-7-17-9-10)11(14)4-2-3-5-12(15)16/h10H,2-9H2,1H3,(H,15,16). The lowest BCUT2D eigenvalue weighted by Gasteiger charge is -2.20. The van der Waals surface area contributed by atoms with Gasteiger partial charge in [-0.1, -0.05) is 0 Å². The number of hydrogen-bond donors (Lipinski definition) is 1. The van der Waals surface area contributed by atoms with Crippen molar-refractivity contribution >= 4 is 11.9 Å². The highest BCUT2D eigenvalue weighted by atomic mass is 16.5. The molecule has 0 bridgehead atoms. The number of aliphatic carboxylic acids is 1. The molecule has 1 fully saturated rings. The van der Waals surface area contributed by atoms with Crippen LogP contribution in [0.1, 0.15) is 32.1 Å². The summed E-state index contributed by atoms with van der Waals surface area (Å²) in [6.07, 6.45) is 2.83. The second-order valence-corrected chi connectivity index (χ2v) is 4.60. The number of carbonyl (C=O) groups excluding carboxylic acids is 1. The lowest BCUT2D eigenvalue weighted by atomic mass is 10.1. The minimum absolute atomic E-state index is 0.0993. The number of carboxylic acids is 1. The van der Waals surface area contributed by atoms with E-state index < -0.39 is 5.97 Å². The zero-order valence-electron chi connectivity index (χ0n) is 10.4. The molecule has 0 saturated carbocycles. The van der Waals surface area contributed by atoms with Crippen molar-refractivity contribution in [1.29, 1.82) is 0 Å². The molecule has 17 heavy (non-hydrogen) atoms. The first-order valence-electron chi connectivity index (χ1n) is 6.13. The van der Waals surface area contributed by atoms with Gasteiger partial charge >= 0.3 is 5.97 Å². The van der Waals surface area contributed by atoms with Crippen LogP contribution in [-0.2, 0) is 14.3 Å². The van der Waals surface area contributed by atoms with Crippen LogP contribution in [0.2, 0.25) is 0 Å². The molecule has 5 heteroatoms. The smallest absolute Gasteiger partial charge is 0.303 e. The fourth-order valence-electron chi connectivity index (χ4n) is 1.96. The van der Waals surface area contributed by atoms with E-state index in [0.29, 0.717) is 25.2 Å². The van der Waals surface area contributed by atoms with Crippen molar-refractivity contribution < 1.29 is 19.4 Å². The molecule has 1 atom stereocenters. The lowest BCUT2D eigenvalue weighted by molar-refractivity contribution is -0.137. The fraction of sp³-hybridized carbons (Fsp3) is 0.833. The Bertz CT molecular complexity index is 261. The maximum absolute atomic E-state index is 11.7. The summed E-state index contributed by atoms with van der Waals surface area (Å²) in [5, 5.41) is 8.47. The molecule has 1 aliphatic heterocycles. The summed E-state index contributed by atoms with van der Waals surface area (Å²) in [5.41, 5.74) is 0. The van der Waals surface area contributed by atoms with Gasteiger partial charge in [-0.25, -0.2) is 0 Å². The van der Waals surface area contributed by atoms with Gasteiger partial charge in [0.15, 0.2) is 0 Å². The van der Waals surface area contributed by atoms with Gasteiger partial charge in [0, 0.05) is 39.0 Å². The van der Waals surface area contributed by atoms with E-state index in [1.54, 1.807) is 11.9 Å². The third-order valence-corrected chi connectivity index (χ3v) is 3.01. The van der Waals surface area contributed by atoms with E-state index >= 15 is 0 Å². The van der Waals surface area contributed by atoms with Crippen LogP contribution >= 0.6 is 0 Å². The van der Waals surface area contributed by atoms with Crippen molar-refractivity contribution in [3.05, 3.63) is 0 Å². The molecular formula is C12H21NO4. The van der Waals surface area contributed by atoms with Crippen molar-refractivity contribution in [3.63, 3.8) is 0 Å². The molecule has 0 spiro atoms. The molecule has 1 rings (SSSR count). The Morgan fingerprint density at radius 3 is 2.65 bits per heavy atom. The molecule has 0 aromatic rings. The van der Waals surface area contributed by atoms with Crippen LogP contribution < -0.4 is 0 Å². The fourth-order valence-corrected chi connectivity index (χ4v) is 1.96. The van der Waals surface area contributed by atoms with Crippen molar-refractivity contribution in [2.24, 2.45) is 5.92 Å². The maximum atomic E-state index is 11.7. The molecule has 98 valence electrons. The van der Waals surface area contributed by atoms with Crippen molar-refractivity contribution in [3.8, 4) is 0 Å². The molecule has 5 nitrogen and oxygen atoms in total. The Morgan fingerprint density at radius 2 is 2.06 bits per heavy atom. The van der Waals surface area contributed by atoms with Crippen molar-refractivity contribution in [2.45, 2.75) is 32.1 Å². The predicted molar refractivity (Wildman–Crippen MR) is 62.7 cm³/mol. The van der Waals surface area contributed by atoms with Crippen LogP contribution in [0.4, 0.5) is 0 Å². The Morgan fingerprint density at radius 1 is 1.35 bits per heavy atom. The zero-order chi connectivity index (χ0) is 12.7. The number of hydrogen-bond acceptors (Lipinski definition) is 3. The number of ether oxygens (including phenoxy) is 1. The zero-order valence-corrected chi connectivity index (χ0v) is 10.4. The SMILES string of the molecule is CN(CC1CCOC1)C(=O)CCCCC(=O)O. The molecule has 1 saturated heterocycles. The van der Waals surface area contributed by atoms with Gasteiger partial charge in [0.1, 0.15) is 0 Å². The number of amides is 1. The van der Waals surface area contributed by atoms with Crippen LogP contribution in [0.25, 0.3) is 0 Å². The minimum Gasteiger partial charge on any atom is -0.481 e. The van der Waals surface area contributed by atoms with E-state index in [1.807, 2.05) is 0 Å². The van der Waals surface area contributed by atoms with E-state index in [-0.39, 0.29) is 12.3 Å². The van der Waals surface area contributed by atoms with E-state index in [1.165, 1.54) is 0 Å². The molecule has 1 heterocycles. The summed E-state index contributed by atoms with van der Waals surface area (Å²) in [6, 6.07) is 0. The van der Waals surface area contributed by atoms with Crippen LogP contribution in [0, 0.1) is 5.92 Å². The molecule has 0 radical (unpaired) electrons. The largest absolute Gasteiger partial charge is 0.481 e. The molecular weight excluding hydrogens is 222 g/mol. The minimum atomic E-state index is -0.797. The molecule has 0 aliphatic carbocycles. The van der Waals surface area contributed by atoms with Gasteiger partial charge in [0.05, 0.1) is 6.61 Å². The molecule has 1 unspecified atom stereocenters. The third kappa shape index (κ3) is 5.68. The Labute approximate surface area is 102 Å². The van der Waals surface area contributed by atoms with Gasteiger partial charge in [0.25, 0.3) is 0 Å². The Hall–Kier alpha value is -1.10. The first-order chi connectivity index (χ1) is 8.09. The number of carbonyl (C=O) groups is 2. The van der Waals surface area contributed by atoms with Gasteiger partial charge in [-0.15, -0.1) is 0 Å². The van der Waals surface area contributed by atoms with Crippen molar-refractivity contribution in [1.82, 2.24) is 4.90 Å². The summed E-state index contributed by atoms with van der Waals surface area (Å²) < 4.78 is 5.26. The Balaban J connectivity index is 2.11. The number of rotatable bonds is 7. The monoisotopic (exact) mass is 243 g/mol. The third-order valence-electron chi connectivity index (χ3n) is 3.01. The summed E-state index contributed by atoms with van der Waals surface area (Å²) in [5.74, 6) is -0.237. The quantitative estimate of drug-likeness (QED) is 0.681. The van der Waals surface area contributed by atoms with E-state index in [2.05, 4.69) is 0 Å². The molecule has 1 N–H and O–H groups in total. The summed E-state index contributed by atoms with van der Waals surface area (Å²) in [7, 11) is 1.80. The van der Waals surface area contributed by atoms with Crippen LogP contribution in [-0.4, -0.2) is 48.7 Å². The highest BCUT2D eigenvalue weighted by molar-refractivity contribution is 5.75. The van der Waals surface area contributed by atoms with Gasteiger partial charge in [-0.2, -0.15) is 0 Å². The molecule has 1 aliphatic rings. The van der Waals surface area contributed by atoms with Crippen LogP contribution in [0.15, 0.2) is 0 Å². The second-order valence-electron chi connectivity index (χ2n) is 4.60. The van der Waals surface area contributed by atoms with E-state index in [4.69, 9.17) is 9.84 Å². The normalized spacial score (nSPS) is 19.2. The molecule has 0 aromatic heterocycles. The highest BCUT2D eigenvalue weighted by Crippen LogP contribution is 2.14. The van der Waals surface area contributed by atoms with Crippen molar-refractivity contribution in [2.75, 3.05) is 26.8 Å². The number of unbranched alkanes of at least 4 members (excludes halogenated alkanes) is 1. The van der Waals surface area contributed by atoms with Crippen LogP contribution in [0.5, 0.6) is 0 Å². The maximum Gasteiger partial charge on any atom is 0.303 e. The lowest BCUT2D eigenvalue weighted by Crippen LogP contribution is -2.31. The van der Waals surface area contributed by atoms with E-state index in [0.717, 1.165) is 26.2 Å². The van der Waals surface area contributed by atoms with Gasteiger partial charge < -0.3 is 14.7 Å². The second kappa shape index (κ2) is 7.27. The van der Waals surface area contributed by atoms with Gasteiger partial charge in [-0.3, -0.25) is 9.59 Å². The number of carboxylic acid groups (broad SMARTS) is 1. The van der Waals surface area contributed by atoms with Crippen LogP contribution in [0.3, 0.4) is 0 Å². The predicted octanol–water partition coefficient (Wildman–Crippen LogP) is 1.13. The summed E-state index contributed by atoms with van der Waals surface area (Å²) in [4.78, 5) is 23.7. The first-order valence-corrected chi connectivity index (χ1v) is 6.13. The topological polar surface area (TPSA) is 66.8 Å². The average Bonchev–Trinajstić information content (AvgIpc) is 2.76. The average molecular weight is 243 g/mol. The first kappa shape index (κ1) is 14.0. The number of nitrogens with zero attached hydrogens (tertiary/aromatic N) is 1. The molecule has 1 amide bonds. The van der Waals surface area contributed by atoms with Gasteiger partial charge in [-0.05, 0) is 19.3 Å². The van der Waals surface area contributed by atoms with E-state index in [9.17, 15) is 9.59 Å². The molecule has 0 aromatic carbocycles. The highest BCUT2D eigenvalue weighted by Gasteiger charge is 2.19. The van der Waals surface area contributed by atoms with Gasteiger partial charge in [0.2, 0.25) is 5.91 Å². The Kier molecular flexibility index (Phi) is 5.97. The summed E-state index contributed by atoms with van der Waals surface area (Å²) >= 11 is 0. The summed E-state index contributed by atoms with van der Waals surface area (Å²) in [6.45, 7) is 2.29.